The van der Waals surface area contributed by atoms with Crippen LogP contribution in [0.4, 0.5) is 5.82 Å². The molecular formula is C29H35N5O2. The van der Waals surface area contributed by atoms with Crippen molar-refractivity contribution in [1.82, 2.24) is 20.9 Å². The summed E-state index contributed by atoms with van der Waals surface area (Å²) < 4.78 is 0. The maximum absolute atomic E-state index is 12.8. The van der Waals surface area contributed by atoms with E-state index in [0.29, 0.717) is 18.3 Å². The lowest BCUT2D eigenvalue weighted by molar-refractivity contribution is -0.129. The van der Waals surface area contributed by atoms with E-state index >= 15 is 0 Å². The van der Waals surface area contributed by atoms with Gasteiger partial charge >= 0.3 is 0 Å². The van der Waals surface area contributed by atoms with Gasteiger partial charge in [-0.15, -0.1) is 0 Å². The fraction of sp³-hybridized carbons (Fsp3) is 0.345. The number of pyridine rings is 1. The molecule has 0 unspecified atom stereocenters. The average molecular weight is 486 g/mol. The van der Waals surface area contributed by atoms with Gasteiger partial charge in [-0.2, -0.15) is 0 Å². The van der Waals surface area contributed by atoms with Gasteiger partial charge in [0.1, 0.15) is 11.9 Å². The van der Waals surface area contributed by atoms with Gasteiger partial charge in [-0.25, -0.2) is 4.98 Å². The minimum Gasteiger partial charge on any atom is -0.384 e. The summed E-state index contributed by atoms with van der Waals surface area (Å²) in [4.78, 5) is 29.5. The Kier molecular flexibility index (Phi) is 8.33. The summed E-state index contributed by atoms with van der Waals surface area (Å²) in [5, 5.41) is 9.06. The number of hydrogen-bond acceptors (Lipinski definition) is 5. The number of benzene rings is 2. The molecule has 7 nitrogen and oxygen atoms in total. The molecule has 2 heterocycles. The molecule has 1 saturated heterocycles. The number of nitrogen functional groups attached to an aromatic ring is 1. The number of aryl methyl sites for hydroxylation is 2. The molecule has 0 aliphatic carbocycles. The van der Waals surface area contributed by atoms with Crippen LogP contribution in [0, 0.1) is 12.8 Å². The van der Waals surface area contributed by atoms with Crippen LogP contribution in [-0.4, -0.2) is 35.4 Å². The zero-order valence-electron chi connectivity index (χ0n) is 21.0. The molecule has 36 heavy (non-hydrogen) atoms. The number of rotatable bonds is 9. The number of amides is 2. The smallest absolute Gasteiger partial charge is 0.242 e. The minimum atomic E-state index is -0.627. The summed E-state index contributed by atoms with van der Waals surface area (Å²) in [6.07, 6.45) is 2.74. The summed E-state index contributed by atoms with van der Waals surface area (Å²) in [5.74, 6) is 0.502. The Labute approximate surface area is 212 Å². The van der Waals surface area contributed by atoms with Crippen molar-refractivity contribution >= 4 is 17.6 Å². The average Bonchev–Trinajstić information content (AvgIpc) is 3.37. The highest BCUT2D eigenvalue weighted by Gasteiger charge is 2.30. The Hall–Kier alpha value is -3.71. The van der Waals surface area contributed by atoms with E-state index in [4.69, 9.17) is 5.73 Å². The Morgan fingerprint density at radius 3 is 2.58 bits per heavy atom. The van der Waals surface area contributed by atoms with Crippen molar-refractivity contribution in [2.45, 2.75) is 51.7 Å². The van der Waals surface area contributed by atoms with Gasteiger partial charge in [0.25, 0.3) is 0 Å². The molecular weight excluding hydrogens is 450 g/mol. The van der Waals surface area contributed by atoms with E-state index in [-0.39, 0.29) is 17.9 Å². The Morgan fingerprint density at radius 2 is 1.81 bits per heavy atom. The maximum atomic E-state index is 12.8. The highest BCUT2D eigenvalue weighted by molar-refractivity contribution is 5.89. The zero-order chi connectivity index (χ0) is 25.5. The van der Waals surface area contributed by atoms with Crippen LogP contribution in [0.3, 0.4) is 0 Å². The van der Waals surface area contributed by atoms with Gasteiger partial charge in [0, 0.05) is 12.2 Å². The monoisotopic (exact) mass is 485 g/mol. The first-order valence-corrected chi connectivity index (χ1v) is 12.6. The topological polar surface area (TPSA) is 109 Å². The van der Waals surface area contributed by atoms with E-state index in [0.717, 1.165) is 37.1 Å². The van der Waals surface area contributed by atoms with Gasteiger partial charge in [-0.1, -0.05) is 60.7 Å². The minimum absolute atomic E-state index is 0.129. The van der Waals surface area contributed by atoms with Crippen LogP contribution in [0.2, 0.25) is 0 Å². The second-order valence-electron chi connectivity index (χ2n) is 9.55. The molecule has 0 saturated carbocycles. The highest BCUT2D eigenvalue weighted by atomic mass is 16.2. The predicted molar refractivity (Wildman–Crippen MR) is 143 cm³/mol. The molecule has 188 valence electrons. The molecule has 0 spiro atoms. The van der Waals surface area contributed by atoms with E-state index in [1.807, 2.05) is 19.1 Å². The molecule has 3 aromatic rings. The van der Waals surface area contributed by atoms with E-state index in [1.54, 1.807) is 13.0 Å². The van der Waals surface area contributed by atoms with Crippen LogP contribution < -0.4 is 21.7 Å². The number of aromatic nitrogens is 1. The van der Waals surface area contributed by atoms with Gasteiger partial charge < -0.3 is 21.7 Å². The lowest BCUT2D eigenvalue weighted by Crippen LogP contribution is -2.50. The van der Waals surface area contributed by atoms with Crippen molar-refractivity contribution in [1.29, 1.82) is 0 Å². The maximum Gasteiger partial charge on any atom is 0.242 e. The molecule has 5 N–H and O–H groups in total. The summed E-state index contributed by atoms with van der Waals surface area (Å²) in [6.45, 7) is 4.70. The van der Waals surface area contributed by atoms with Crippen molar-refractivity contribution in [2.24, 2.45) is 5.92 Å². The standard InChI is InChI=1S/C29H35N5O2/c1-19-24(14-15-27(30)33-19)18-32-28(35)20(2)34-29(36)26-16-21(17-31-26)12-13-23-10-6-7-11-25(23)22-8-4-3-5-9-22/h3-11,14-15,20-21,26,31H,12-13,16-18H2,1-2H3,(H2,30,33)(H,32,35)(H,34,36)/t20-,21-,26+/m0/s1. The number of carbonyl (C=O) groups excluding carboxylic acids is 2. The molecule has 0 bridgehead atoms. The molecule has 1 aliphatic heterocycles. The molecule has 1 aromatic heterocycles. The van der Waals surface area contributed by atoms with Crippen molar-refractivity contribution in [2.75, 3.05) is 12.3 Å². The van der Waals surface area contributed by atoms with Gasteiger partial charge in [-0.05, 0) is 73.9 Å². The molecule has 1 aliphatic rings. The van der Waals surface area contributed by atoms with E-state index in [1.165, 1.54) is 16.7 Å². The Morgan fingerprint density at radius 1 is 1.06 bits per heavy atom. The first-order valence-electron chi connectivity index (χ1n) is 12.6. The number of anilines is 1. The predicted octanol–water partition coefficient (Wildman–Crippen LogP) is 3.37. The summed E-state index contributed by atoms with van der Waals surface area (Å²) in [6, 6.07) is 21.6. The number of hydrogen-bond donors (Lipinski definition) is 4. The zero-order valence-corrected chi connectivity index (χ0v) is 21.0. The first-order chi connectivity index (χ1) is 17.4. The number of nitrogens with one attached hydrogen (secondary N) is 3. The first kappa shape index (κ1) is 25.4. The third kappa shape index (κ3) is 6.49. The number of nitrogens with zero attached hydrogens (tertiary/aromatic N) is 1. The summed E-state index contributed by atoms with van der Waals surface area (Å²) in [7, 11) is 0. The van der Waals surface area contributed by atoms with Gasteiger partial charge in [-0.3, -0.25) is 9.59 Å². The van der Waals surface area contributed by atoms with E-state index < -0.39 is 6.04 Å². The number of carbonyl (C=O) groups is 2. The highest BCUT2D eigenvalue weighted by Crippen LogP contribution is 2.27. The Bertz CT molecular complexity index is 1200. The summed E-state index contributed by atoms with van der Waals surface area (Å²) >= 11 is 0. The van der Waals surface area contributed by atoms with E-state index in [9.17, 15) is 9.59 Å². The van der Waals surface area contributed by atoms with Crippen LogP contribution in [0.5, 0.6) is 0 Å². The molecule has 0 radical (unpaired) electrons. The Balaban J connectivity index is 1.24. The van der Waals surface area contributed by atoms with Gasteiger partial charge in [0.05, 0.1) is 6.04 Å². The third-order valence-electron chi connectivity index (χ3n) is 6.88. The van der Waals surface area contributed by atoms with Crippen LogP contribution in [0.1, 0.15) is 36.6 Å². The normalized spacial score (nSPS) is 17.9. The van der Waals surface area contributed by atoms with Crippen molar-refractivity contribution in [3.05, 3.63) is 83.6 Å². The largest absolute Gasteiger partial charge is 0.384 e. The molecule has 2 amide bonds. The number of nitrogens with two attached hydrogens (primary N) is 1. The van der Waals surface area contributed by atoms with Crippen LogP contribution in [0.15, 0.2) is 66.7 Å². The summed E-state index contributed by atoms with van der Waals surface area (Å²) in [5.41, 5.74) is 11.2. The van der Waals surface area contributed by atoms with Crippen molar-refractivity contribution in [3.63, 3.8) is 0 Å². The van der Waals surface area contributed by atoms with Gasteiger partial charge in [0.15, 0.2) is 0 Å². The molecule has 3 atom stereocenters. The van der Waals surface area contributed by atoms with Crippen molar-refractivity contribution < 1.29 is 9.59 Å². The fourth-order valence-electron chi connectivity index (χ4n) is 4.74. The van der Waals surface area contributed by atoms with Crippen molar-refractivity contribution in [3.8, 4) is 11.1 Å². The lowest BCUT2D eigenvalue weighted by Gasteiger charge is -2.18. The quantitative estimate of drug-likeness (QED) is 0.372. The van der Waals surface area contributed by atoms with Gasteiger partial charge in [0.2, 0.25) is 11.8 Å². The SMILES string of the molecule is Cc1nc(N)ccc1CNC(=O)[C@H](C)NC(=O)[C@H]1C[C@H](CCc2ccccc2-c2ccccc2)CN1. The lowest BCUT2D eigenvalue weighted by atomic mass is 9.92. The molecule has 1 fully saturated rings. The second-order valence-corrected chi connectivity index (χ2v) is 9.55. The molecule has 7 heteroatoms. The van der Waals surface area contributed by atoms with Crippen LogP contribution in [0.25, 0.3) is 11.1 Å². The third-order valence-corrected chi connectivity index (χ3v) is 6.88. The second kappa shape index (κ2) is 11.8. The fourth-order valence-corrected chi connectivity index (χ4v) is 4.74. The molecule has 4 rings (SSSR count). The van der Waals surface area contributed by atoms with E-state index in [2.05, 4.69) is 69.5 Å². The van der Waals surface area contributed by atoms with Crippen LogP contribution in [-0.2, 0) is 22.6 Å². The molecule has 2 aromatic carbocycles. The van der Waals surface area contributed by atoms with Crippen LogP contribution >= 0.6 is 0 Å².